The number of alkyl halides is 2. The van der Waals surface area contributed by atoms with E-state index in [0.717, 1.165) is 0 Å². The van der Waals surface area contributed by atoms with E-state index in [1.807, 2.05) is 0 Å². The van der Waals surface area contributed by atoms with E-state index in [1.54, 1.807) is 4.90 Å². The van der Waals surface area contributed by atoms with Crippen LogP contribution in [0.15, 0.2) is 18.2 Å². The summed E-state index contributed by atoms with van der Waals surface area (Å²) in [6.07, 6.45) is -2.72. The molecule has 22 heavy (non-hydrogen) atoms. The van der Waals surface area contributed by atoms with Gasteiger partial charge < -0.3 is 5.32 Å². The Morgan fingerprint density at radius 1 is 1.27 bits per heavy atom. The van der Waals surface area contributed by atoms with Gasteiger partial charge in [0.2, 0.25) is 0 Å². The first-order valence-corrected chi connectivity index (χ1v) is 6.55. The predicted molar refractivity (Wildman–Crippen MR) is 85.8 cm³/mol. The van der Waals surface area contributed by atoms with Crippen molar-refractivity contribution in [2.45, 2.75) is 12.5 Å². The van der Waals surface area contributed by atoms with Crippen molar-refractivity contribution in [3.63, 3.8) is 0 Å². The molecular weight excluding hydrogens is 363 g/mol. The summed E-state index contributed by atoms with van der Waals surface area (Å²) in [7, 11) is 0. The number of nitrogens with one attached hydrogen (secondary N) is 1. The summed E-state index contributed by atoms with van der Waals surface area (Å²) in [6.45, 7) is 1.99. The quantitative estimate of drug-likeness (QED) is 0.645. The molecule has 1 fully saturated rings. The Bertz CT molecular complexity index is 503. The molecule has 0 aliphatic carbocycles. The van der Waals surface area contributed by atoms with Crippen LogP contribution in [-0.4, -0.2) is 42.4 Å². The lowest BCUT2D eigenvalue weighted by molar-refractivity contribution is -0.386. The van der Waals surface area contributed by atoms with E-state index in [0.29, 0.717) is 26.2 Å². The lowest BCUT2D eigenvalue weighted by Gasteiger charge is -2.34. The maximum absolute atomic E-state index is 13.4. The van der Waals surface area contributed by atoms with Crippen molar-refractivity contribution in [2.75, 3.05) is 26.2 Å². The van der Waals surface area contributed by atoms with Gasteiger partial charge in [-0.25, -0.2) is 8.78 Å². The van der Waals surface area contributed by atoms with Crippen LogP contribution in [0, 0.1) is 10.1 Å². The third-order valence-electron chi connectivity index (χ3n) is 3.29. The van der Waals surface area contributed by atoms with Gasteiger partial charge in [0, 0.05) is 37.3 Å². The van der Waals surface area contributed by atoms with E-state index >= 15 is 0 Å². The molecule has 0 spiro atoms. The topological polar surface area (TPSA) is 58.4 Å². The highest BCUT2D eigenvalue weighted by atomic mass is 35.5. The van der Waals surface area contributed by atoms with E-state index in [1.165, 1.54) is 18.2 Å². The standard InChI is InChI=1S/C12H14ClF2N3O2.2ClH/c13-8-1-2-10(18(19)20)9(7-8)11(12(14)15)17-5-3-16-4-6-17;;/h1-2,7,11-12,16H,3-6H2;2*1H/t11-;;/m0../s1. The van der Waals surface area contributed by atoms with Crippen LogP contribution in [-0.2, 0) is 0 Å². The smallest absolute Gasteiger partial charge is 0.274 e. The molecule has 1 aliphatic heterocycles. The lowest BCUT2D eigenvalue weighted by Crippen LogP contribution is -2.47. The Balaban J connectivity index is 0.00000220. The SMILES string of the molecule is Cl.Cl.O=[N+]([O-])c1ccc(Cl)cc1[C@@H](C(F)F)N1CCNCC1. The van der Waals surface area contributed by atoms with Crippen molar-refractivity contribution >= 4 is 42.1 Å². The van der Waals surface area contributed by atoms with Gasteiger partial charge in [0.05, 0.1) is 10.5 Å². The molecule has 2 rings (SSSR count). The van der Waals surface area contributed by atoms with Crippen LogP contribution in [0.4, 0.5) is 14.5 Å². The Morgan fingerprint density at radius 3 is 2.36 bits per heavy atom. The Hall–Kier alpha value is -0.730. The number of hydrogen-bond acceptors (Lipinski definition) is 4. The lowest BCUT2D eigenvalue weighted by atomic mass is 10.0. The van der Waals surface area contributed by atoms with Gasteiger partial charge in [-0.3, -0.25) is 15.0 Å². The number of hydrogen-bond donors (Lipinski definition) is 1. The van der Waals surface area contributed by atoms with E-state index in [2.05, 4.69) is 5.32 Å². The largest absolute Gasteiger partial charge is 0.314 e. The normalized spacial score (nSPS) is 16.5. The predicted octanol–water partition coefficient (Wildman–Crippen LogP) is 3.30. The molecule has 1 aliphatic rings. The van der Waals surface area contributed by atoms with E-state index in [-0.39, 0.29) is 41.1 Å². The van der Waals surface area contributed by atoms with Gasteiger partial charge in [-0.15, -0.1) is 24.8 Å². The zero-order chi connectivity index (χ0) is 14.7. The highest BCUT2D eigenvalue weighted by Gasteiger charge is 2.35. The van der Waals surface area contributed by atoms with Crippen molar-refractivity contribution < 1.29 is 13.7 Å². The van der Waals surface area contributed by atoms with Gasteiger partial charge in [-0.2, -0.15) is 0 Å². The van der Waals surface area contributed by atoms with Crippen LogP contribution in [0.3, 0.4) is 0 Å². The minimum absolute atomic E-state index is 0. The fourth-order valence-corrected chi connectivity index (χ4v) is 2.56. The molecule has 5 nitrogen and oxygen atoms in total. The summed E-state index contributed by atoms with van der Waals surface area (Å²) < 4.78 is 26.8. The average molecular weight is 379 g/mol. The van der Waals surface area contributed by atoms with Crippen molar-refractivity contribution in [1.82, 2.24) is 10.2 Å². The van der Waals surface area contributed by atoms with Crippen molar-refractivity contribution in [2.24, 2.45) is 0 Å². The number of nitrogens with zero attached hydrogens (tertiary/aromatic N) is 2. The summed E-state index contributed by atoms with van der Waals surface area (Å²) >= 11 is 5.81. The maximum atomic E-state index is 13.4. The number of nitro benzene ring substituents is 1. The first-order valence-electron chi connectivity index (χ1n) is 6.17. The number of nitro groups is 1. The molecule has 1 heterocycles. The van der Waals surface area contributed by atoms with Gasteiger partial charge >= 0.3 is 0 Å². The van der Waals surface area contributed by atoms with E-state index in [9.17, 15) is 18.9 Å². The zero-order valence-electron chi connectivity index (χ0n) is 11.4. The van der Waals surface area contributed by atoms with Crippen molar-refractivity contribution in [1.29, 1.82) is 0 Å². The molecule has 0 aromatic heterocycles. The van der Waals surface area contributed by atoms with Crippen LogP contribution in [0.1, 0.15) is 11.6 Å². The van der Waals surface area contributed by atoms with Crippen molar-refractivity contribution in [3.05, 3.63) is 38.9 Å². The molecule has 1 atom stereocenters. The van der Waals surface area contributed by atoms with Crippen LogP contribution >= 0.6 is 36.4 Å². The Kier molecular flexibility index (Phi) is 9.11. The van der Waals surface area contributed by atoms with Crippen LogP contribution in [0.2, 0.25) is 5.02 Å². The van der Waals surface area contributed by atoms with Gasteiger partial charge in [-0.05, 0) is 12.1 Å². The fourth-order valence-electron chi connectivity index (χ4n) is 2.38. The first-order chi connectivity index (χ1) is 9.50. The van der Waals surface area contributed by atoms with Gasteiger partial charge in [0.1, 0.15) is 6.04 Å². The fraction of sp³-hybridized carbons (Fsp3) is 0.500. The molecule has 0 saturated carbocycles. The highest BCUT2D eigenvalue weighted by Crippen LogP contribution is 2.35. The molecule has 0 amide bonds. The number of piperazine rings is 1. The zero-order valence-corrected chi connectivity index (χ0v) is 13.8. The third kappa shape index (κ3) is 4.89. The van der Waals surface area contributed by atoms with Gasteiger partial charge in [-0.1, -0.05) is 11.6 Å². The van der Waals surface area contributed by atoms with E-state index < -0.39 is 17.4 Å². The molecular formula is C12H16Cl3F2N3O2. The maximum Gasteiger partial charge on any atom is 0.274 e. The summed E-state index contributed by atoms with van der Waals surface area (Å²) in [6, 6.07) is 2.47. The second kappa shape index (κ2) is 9.42. The molecule has 1 N–H and O–H groups in total. The monoisotopic (exact) mass is 377 g/mol. The molecule has 10 heteroatoms. The Labute approximate surface area is 144 Å². The van der Waals surface area contributed by atoms with Crippen LogP contribution in [0.5, 0.6) is 0 Å². The molecule has 1 aromatic carbocycles. The molecule has 0 unspecified atom stereocenters. The van der Waals surface area contributed by atoms with Gasteiger partial charge in [0.15, 0.2) is 0 Å². The average Bonchev–Trinajstić information content (AvgIpc) is 2.39. The molecule has 1 saturated heterocycles. The summed E-state index contributed by atoms with van der Waals surface area (Å²) in [4.78, 5) is 11.9. The van der Waals surface area contributed by atoms with Crippen LogP contribution in [0.25, 0.3) is 0 Å². The molecule has 126 valence electrons. The minimum Gasteiger partial charge on any atom is -0.314 e. The second-order valence-electron chi connectivity index (χ2n) is 4.53. The molecule has 0 radical (unpaired) electrons. The summed E-state index contributed by atoms with van der Waals surface area (Å²) in [5.41, 5.74) is -0.349. The third-order valence-corrected chi connectivity index (χ3v) is 3.52. The molecule has 1 aromatic rings. The highest BCUT2D eigenvalue weighted by molar-refractivity contribution is 6.30. The van der Waals surface area contributed by atoms with E-state index in [4.69, 9.17) is 11.6 Å². The summed E-state index contributed by atoms with van der Waals surface area (Å²) in [5, 5.41) is 14.3. The summed E-state index contributed by atoms with van der Waals surface area (Å²) in [5.74, 6) is 0. The van der Waals surface area contributed by atoms with Crippen LogP contribution < -0.4 is 5.32 Å². The number of halogens is 5. The minimum atomic E-state index is -2.72. The second-order valence-corrected chi connectivity index (χ2v) is 4.96. The Morgan fingerprint density at radius 2 is 1.86 bits per heavy atom. The van der Waals surface area contributed by atoms with Crippen molar-refractivity contribution in [3.8, 4) is 0 Å². The number of benzene rings is 1. The molecule has 0 bridgehead atoms. The number of rotatable bonds is 4. The van der Waals surface area contributed by atoms with Gasteiger partial charge in [0.25, 0.3) is 12.1 Å². The first kappa shape index (κ1) is 21.3.